The second-order valence-corrected chi connectivity index (χ2v) is 6.64. The zero-order chi connectivity index (χ0) is 13.3. The molecule has 3 saturated heterocycles. The van der Waals surface area contributed by atoms with Gasteiger partial charge >= 0.3 is 0 Å². The predicted octanol–water partition coefficient (Wildman–Crippen LogP) is 0.930. The van der Waals surface area contributed by atoms with Crippen LogP contribution in [-0.4, -0.2) is 61.5 Å². The van der Waals surface area contributed by atoms with Crippen LogP contribution in [0, 0.1) is 11.3 Å². The van der Waals surface area contributed by atoms with Gasteiger partial charge in [-0.05, 0) is 50.7 Å². The lowest BCUT2D eigenvalue weighted by atomic mass is 9.73. The number of amides is 1. The maximum Gasteiger partial charge on any atom is 0.225 e. The van der Waals surface area contributed by atoms with Crippen LogP contribution in [0.15, 0.2) is 0 Å². The van der Waals surface area contributed by atoms with E-state index in [9.17, 15) is 4.79 Å². The van der Waals surface area contributed by atoms with Crippen LogP contribution >= 0.6 is 0 Å². The van der Waals surface area contributed by atoms with Crippen molar-refractivity contribution in [3.8, 4) is 0 Å². The third-order valence-corrected chi connectivity index (χ3v) is 5.52. The first-order valence-corrected chi connectivity index (χ1v) is 7.94. The van der Waals surface area contributed by atoms with Crippen LogP contribution in [0.3, 0.4) is 0 Å². The number of rotatable bonds is 2. The van der Waals surface area contributed by atoms with Crippen LogP contribution in [0.1, 0.15) is 32.6 Å². The van der Waals surface area contributed by atoms with E-state index in [4.69, 9.17) is 0 Å². The maximum atomic E-state index is 12.6. The van der Waals surface area contributed by atoms with Crippen molar-refractivity contribution in [2.24, 2.45) is 11.3 Å². The standard InChI is InChI=1S/C15H27N3O/c1-2-17-7-3-13(4-8-17)14(19)18-9-5-15(6-10-18)11-16-12-15/h13,16H,2-12H2,1H3. The molecule has 4 heteroatoms. The van der Waals surface area contributed by atoms with Gasteiger partial charge in [-0.2, -0.15) is 0 Å². The van der Waals surface area contributed by atoms with Gasteiger partial charge in [0.2, 0.25) is 5.91 Å². The zero-order valence-corrected chi connectivity index (χ0v) is 12.2. The van der Waals surface area contributed by atoms with Gasteiger partial charge in [0.1, 0.15) is 0 Å². The summed E-state index contributed by atoms with van der Waals surface area (Å²) in [5, 5.41) is 3.38. The van der Waals surface area contributed by atoms with Gasteiger partial charge in [0.05, 0.1) is 0 Å². The molecule has 0 aromatic rings. The molecule has 3 aliphatic rings. The van der Waals surface area contributed by atoms with E-state index in [-0.39, 0.29) is 0 Å². The highest BCUT2D eigenvalue weighted by Crippen LogP contribution is 2.35. The molecule has 0 aliphatic carbocycles. The molecule has 4 nitrogen and oxygen atoms in total. The second-order valence-electron chi connectivity index (χ2n) is 6.64. The minimum absolute atomic E-state index is 0.302. The third-order valence-electron chi connectivity index (χ3n) is 5.52. The van der Waals surface area contributed by atoms with Crippen molar-refractivity contribution in [2.75, 3.05) is 45.8 Å². The summed E-state index contributed by atoms with van der Waals surface area (Å²) in [7, 11) is 0. The monoisotopic (exact) mass is 265 g/mol. The Morgan fingerprint density at radius 1 is 1.16 bits per heavy atom. The summed E-state index contributed by atoms with van der Waals surface area (Å²) in [6, 6.07) is 0. The van der Waals surface area contributed by atoms with Gasteiger partial charge in [-0.15, -0.1) is 0 Å². The Morgan fingerprint density at radius 2 is 1.79 bits per heavy atom. The number of hydrogen-bond acceptors (Lipinski definition) is 3. The van der Waals surface area contributed by atoms with Crippen LogP contribution in [0.5, 0.6) is 0 Å². The fourth-order valence-corrected chi connectivity index (χ4v) is 3.79. The van der Waals surface area contributed by atoms with E-state index in [2.05, 4.69) is 22.0 Å². The van der Waals surface area contributed by atoms with Gasteiger partial charge in [0.15, 0.2) is 0 Å². The van der Waals surface area contributed by atoms with E-state index in [0.29, 0.717) is 17.2 Å². The fourth-order valence-electron chi connectivity index (χ4n) is 3.79. The molecular formula is C15H27N3O. The molecular weight excluding hydrogens is 238 g/mol. The Morgan fingerprint density at radius 3 is 2.26 bits per heavy atom. The molecule has 19 heavy (non-hydrogen) atoms. The summed E-state index contributed by atoms with van der Waals surface area (Å²) in [6.45, 7) is 9.87. The lowest BCUT2D eigenvalue weighted by Gasteiger charge is -2.49. The Labute approximate surface area is 116 Å². The van der Waals surface area contributed by atoms with Crippen LogP contribution in [0.25, 0.3) is 0 Å². The summed E-state index contributed by atoms with van der Waals surface area (Å²) in [5.74, 6) is 0.745. The number of nitrogens with one attached hydrogen (secondary N) is 1. The summed E-state index contributed by atoms with van der Waals surface area (Å²) < 4.78 is 0. The Hall–Kier alpha value is -0.610. The molecule has 0 aromatic carbocycles. The van der Waals surface area contributed by atoms with Crippen molar-refractivity contribution in [1.82, 2.24) is 15.1 Å². The molecule has 3 aliphatic heterocycles. The maximum absolute atomic E-state index is 12.6. The smallest absolute Gasteiger partial charge is 0.225 e. The lowest BCUT2D eigenvalue weighted by Crippen LogP contribution is -2.59. The van der Waals surface area contributed by atoms with Crippen molar-refractivity contribution < 1.29 is 4.79 Å². The van der Waals surface area contributed by atoms with Crippen molar-refractivity contribution in [1.29, 1.82) is 0 Å². The van der Waals surface area contributed by atoms with E-state index < -0.39 is 0 Å². The van der Waals surface area contributed by atoms with Gasteiger partial charge in [-0.3, -0.25) is 4.79 Å². The molecule has 1 amide bonds. The highest BCUT2D eigenvalue weighted by atomic mass is 16.2. The summed E-state index contributed by atoms with van der Waals surface area (Å²) in [5.41, 5.74) is 0.544. The lowest BCUT2D eigenvalue weighted by molar-refractivity contribution is -0.140. The van der Waals surface area contributed by atoms with Gasteiger partial charge in [0.25, 0.3) is 0 Å². The average molecular weight is 265 g/mol. The van der Waals surface area contributed by atoms with Gasteiger partial charge in [-0.1, -0.05) is 6.92 Å². The third kappa shape index (κ3) is 2.65. The molecule has 0 atom stereocenters. The number of nitrogens with zero attached hydrogens (tertiary/aromatic N) is 2. The van der Waals surface area contributed by atoms with Gasteiger partial charge in [0, 0.05) is 32.1 Å². The zero-order valence-electron chi connectivity index (χ0n) is 12.2. The van der Waals surface area contributed by atoms with E-state index in [1.165, 1.54) is 25.9 Å². The minimum Gasteiger partial charge on any atom is -0.342 e. The van der Waals surface area contributed by atoms with E-state index in [1.807, 2.05) is 0 Å². The molecule has 0 aromatic heterocycles. The van der Waals surface area contributed by atoms with Crippen LogP contribution in [0.2, 0.25) is 0 Å². The fraction of sp³-hybridized carbons (Fsp3) is 0.933. The largest absolute Gasteiger partial charge is 0.342 e. The van der Waals surface area contributed by atoms with Crippen molar-refractivity contribution in [2.45, 2.75) is 32.6 Å². The van der Waals surface area contributed by atoms with Gasteiger partial charge in [-0.25, -0.2) is 0 Å². The first-order chi connectivity index (χ1) is 9.22. The van der Waals surface area contributed by atoms with Crippen LogP contribution in [0.4, 0.5) is 0 Å². The first kappa shape index (κ1) is 13.4. The molecule has 3 heterocycles. The quantitative estimate of drug-likeness (QED) is 0.807. The molecule has 1 spiro atoms. The molecule has 108 valence electrons. The van der Waals surface area contributed by atoms with Crippen molar-refractivity contribution >= 4 is 5.91 Å². The molecule has 0 radical (unpaired) electrons. The molecule has 0 unspecified atom stereocenters. The second kappa shape index (κ2) is 5.41. The topological polar surface area (TPSA) is 35.6 Å². The van der Waals surface area contributed by atoms with Crippen LogP contribution < -0.4 is 5.32 Å². The van der Waals surface area contributed by atoms with Crippen molar-refractivity contribution in [3.63, 3.8) is 0 Å². The highest BCUT2D eigenvalue weighted by Gasteiger charge is 2.41. The number of hydrogen-bond donors (Lipinski definition) is 1. The molecule has 1 N–H and O–H groups in total. The number of carbonyl (C=O) groups is 1. The number of likely N-dealkylation sites (tertiary alicyclic amines) is 2. The van der Waals surface area contributed by atoms with E-state index in [0.717, 1.165) is 45.6 Å². The normalized spacial score (nSPS) is 28.4. The number of carbonyl (C=O) groups excluding carboxylic acids is 1. The molecule has 0 saturated carbocycles. The minimum atomic E-state index is 0.302. The molecule has 3 fully saturated rings. The van der Waals surface area contributed by atoms with Gasteiger partial charge < -0.3 is 15.1 Å². The summed E-state index contributed by atoms with van der Waals surface area (Å²) in [4.78, 5) is 17.2. The number of piperidine rings is 2. The van der Waals surface area contributed by atoms with E-state index in [1.54, 1.807) is 0 Å². The molecule has 0 bridgehead atoms. The summed E-state index contributed by atoms with van der Waals surface area (Å²) >= 11 is 0. The Kier molecular flexibility index (Phi) is 3.81. The average Bonchev–Trinajstić information content (AvgIpc) is 2.45. The SMILES string of the molecule is CCN1CCC(C(=O)N2CCC3(CC2)CNC3)CC1. The first-order valence-electron chi connectivity index (χ1n) is 7.94. The molecule has 3 rings (SSSR count). The van der Waals surface area contributed by atoms with E-state index >= 15 is 0 Å². The predicted molar refractivity (Wildman–Crippen MR) is 76.0 cm³/mol. The van der Waals surface area contributed by atoms with Crippen molar-refractivity contribution in [3.05, 3.63) is 0 Å². The van der Waals surface area contributed by atoms with Crippen LogP contribution in [-0.2, 0) is 4.79 Å². The highest BCUT2D eigenvalue weighted by molar-refractivity contribution is 5.79. The summed E-state index contributed by atoms with van der Waals surface area (Å²) in [6.07, 6.45) is 4.55. The Balaban J connectivity index is 1.48. The Bertz CT molecular complexity index is 322.